The van der Waals surface area contributed by atoms with Crippen LogP contribution in [0, 0.1) is 19.7 Å². The molecule has 0 heterocycles. The van der Waals surface area contributed by atoms with Crippen LogP contribution < -0.4 is 9.03 Å². The Morgan fingerprint density at radius 3 is 2.20 bits per heavy atom. The highest BCUT2D eigenvalue weighted by atomic mass is 32.2. The molecule has 6 nitrogen and oxygen atoms in total. The van der Waals surface area contributed by atoms with E-state index >= 15 is 0 Å². The fraction of sp³-hybridized carbons (Fsp3) is 0.250. The highest BCUT2D eigenvalue weighted by molar-refractivity contribution is 7.93. The molecule has 0 bridgehead atoms. The van der Waals surface area contributed by atoms with Gasteiger partial charge in [0, 0.05) is 13.1 Å². The fourth-order valence-corrected chi connectivity index (χ4v) is 4.15. The summed E-state index contributed by atoms with van der Waals surface area (Å²) in [5.74, 6) is -0.691. The first-order valence-corrected chi connectivity index (χ1v) is 10.6. The number of rotatable bonds is 5. The van der Waals surface area contributed by atoms with E-state index in [0.717, 1.165) is 28.3 Å². The third-order valence-electron chi connectivity index (χ3n) is 3.66. The molecule has 0 aliphatic rings. The van der Waals surface area contributed by atoms with Gasteiger partial charge in [0.2, 0.25) is 10.0 Å². The summed E-state index contributed by atoms with van der Waals surface area (Å²) in [5.41, 5.74) is 1.30. The smallest absolute Gasteiger partial charge is 0.262 e. The standard InChI is InChI=1S/C16H19FN2O4S2/c1-11-5-8-16(12(2)9-11)25(22,23)18-14-10-13(17)6-7-15(14)19(3)24(4,20)21/h5-10,18H,1-4H3. The number of hydrogen-bond acceptors (Lipinski definition) is 4. The Hall–Kier alpha value is -2.13. The summed E-state index contributed by atoms with van der Waals surface area (Å²) in [6, 6.07) is 8.02. The average Bonchev–Trinajstić information content (AvgIpc) is 2.44. The van der Waals surface area contributed by atoms with Gasteiger partial charge in [-0.2, -0.15) is 0 Å². The van der Waals surface area contributed by atoms with Gasteiger partial charge in [-0.1, -0.05) is 17.7 Å². The van der Waals surface area contributed by atoms with E-state index in [4.69, 9.17) is 0 Å². The SMILES string of the molecule is Cc1ccc(S(=O)(=O)Nc2cc(F)ccc2N(C)S(C)(=O)=O)c(C)c1. The summed E-state index contributed by atoms with van der Waals surface area (Å²) in [5, 5.41) is 0. The third kappa shape index (κ3) is 4.29. The lowest BCUT2D eigenvalue weighted by Gasteiger charge is -2.21. The maximum Gasteiger partial charge on any atom is 0.262 e. The van der Waals surface area contributed by atoms with E-state index in [0.29, 0.717) is 5.56 Å². The maximum atomic E-state index is 13.6. The van der Waals surface area contributed by atoms with Crippen LogP contribution in [0.1, 0.15) is 11.1 Å². The van der Waals surface area contributed by atoms with Gasteiger partial charge in [-0.3, -0.25) is 9.03 Å². The molecule has 2 aromatic rings. The first-order chi connectivity index (χ1) is 11.4. The first kappa shape index (κ1) is 19.2. The van der Waals surface area contributed by atoms with Crippen molar-refractivity contribution >= 4 is 31.4 Å². The Balaban J connectivity index is 2.54. The van der Waals surface area contributed by atoms with Crippen molar-refractivity contribution in [2.45, 2.75) is 18.7 Å². The largest absolute Gasteiger partial charge is 0.277 e. The van der Waals surface area contributed by atoms with Crippen LogP contribution in [0.3, 0.4) is 0 Å². The molecule has 136 valence electrons. The minimum atomic E-state index is -4.02. The number of nitrogens with one attached hydrogen (secondary N) is 1. The lowest BCUT2D eigenvalue weighted by molar-refractivity contribution is 0.597. The molecule has 2 aromatic carbocycles. The monoisotopic (exact) mass is 386 g/mol. The molecule has 2 rings (SSSR count). The Kier molecular flexibility index (Phi) is 5.10. The molecule has 0 atom stereocenters. The van der Waals surface area contributed by atoms with Gasteiger partial charge in [0.05, 0.1) is 22.5 Å². The number of aryl methyl sites for hydroxylation is 2. The molecule has 0 saturated carbocycles. The second-order valence-corrected chi connectivity index (χ2v) is 9.43. The molecule has 0 aliphatic heterocycles. The van der Waals surface area contributed by atoms with E-state index in [1.54, 1.807) is 19.1 Å². The van der Waals surface area contributed by atoms with Gasteiger partial charge in [-0.25, -0.2) is 21.2 Å². The van der Waals surface area contributed by atoms with Crippen LogP contribution in [0.25, 0.3) is 0 Å². The van der Waals surface area contributed by atoms with E-state index in [2.05, 4.69) is 4.72 Å². The molecule has 9 heteroatoms. The number of nitrogens with zero attached hydrogens (tertiary/aromatic N) is 1. The lowest BCUT2D eigenvalue weighted by Crippen LogP contribution is -2.26. The molecule has 0 fully saturated rings. The molecular formula is C16H19FN2O4S2. The summed E-state index contributed by atoms with van der Waals surface area (Å²) in [6.07, 6.45) is 0.971. The van der Waals surface area contributed by atoms with Crippen LogP contribution in [0.15, 0.2) is 41.3 Å². The summed E-state index contributed by atoms with van der Waals surface area (Å²) in [7, 11) is -6.40. The minimum Gasteiger partial charge on any atom is -0.277 e. The molecule has 0 spiro atoms. The topological polar surface area (TPSA) is 83.6 Å². The van der Waals surface area contributed by atoms with E-state index < -0.39 is 25.9 Å². The van der Waals surface area contributed by atoms with Crippen molar-refractivity contribution < 1.29 is 21.2 Å². The average molecular weight is 386 g/mol. The molecule has 25 heavy (non-hydrogen) atoms. The number of sulfonamides is 2. The highest BCUT2D eigenvalue weighted by Crippen LogP contribution is 2.30. The highest BCUT2D eigenvalue weighted by Gasteiger charge is 2.22. The third-order valence-corrected chi connectivity index (χ3v) is 6.38. The van der Waals surface area contributed by atoms with Crippen LogP contribution >= 0.6 is 0 Å². The molecule has 0 aromatic heterocycles. The van der Waals surface area contributed by atoms with Gasteiger partial charge in [0.25, 0.3) is 10.0 Å². The van der Waals surface area contributed by atoms with E-state index in [1.807, 2.05) is 6.92 Å². The van der Waals surface area contributed by atoms with Crippen LogP contribution in [0.2, 0.25) is 0 Å². The molecule has 0 aliphatic carbocycles. The molecular weight excluding hydrogens is 367 g/mol. The van der Waals surface area contributed by atoms with Gasteiger partial charge in [0.15, 0.2) is 0 Å². The number of anilines is 2. The predicted octanol–water partition coefficient (Wildman–Crippen LogP) is 2.64. The van der Waals surface area contributed by atoms with Crippen LogP contribution in [-0.4, -0.2) is 30.1 Å². The fourth-order valence-electron chi connectivity index (χ4n) is 2.34. The van der Waals surface area contributed by atoms with Crippen molar-refractivity contribution in [1.82, 2.24) is 0 Å². The number of hydrogen-bond donors (Lipinski definition) is 1. The quantitative estimate of drug-likeness (QED) is 0.856. The van der Waals surface area contributed by atoms with Gasteiger partial charge in [-0.05, 0) is 37.6 Å². The maximum absolute atomic E-state index is 13.6. The van der Waals surface area contributed by atoms with Crippen LogP contribution in [0.4, 0.5) is 15.8 Å². The molecule has 0 saturated heterocycles. The van der Waals surface area contributed by atoms with Gasteiger partial charge < -0.3 is 0 Å². The second kappa shape index (κ2) is 6.64. The zero-order valence-electron chi connectivity index (χ0n) is 14.2. The van der Waals surface area contributed by atoms with Crippen molar-refractivity contribution in [2.24, 2.45) is 0 Å². The molecule has 1 N–H and O–H groups in total. The molecule has 0 radical (unpaired) electrons. The van der Waals surface area contributed by atoms with Crippen molar-refractivity contribution in [3.8, 4) is 0 Å². The van der Waals surface area contributed by atoms with E-state index in [-0.39, 0.29) is 16.3 Å². The minimum absolute atomic E-state index is 0.0252. The number of benzene rings is 2. The summed E-state index contributed by atoms with van der Waals surface area (Å²) < 4.78 is 65.6. The van der Waals surface area contributed by atoms with Crippen LogP contribution in [0.5, 0.6) is 0 Å². The van der Waals surface area contributed by atoms with Gasteiger partial charge in [0.1, 0.15) is 5.82 Å². The second-order valence-electron chi connectivity index (χ2n) is 5.77. The van der Waals surface area contributed by atoms with E-state index in [1.165, 1.54) is 19.2 Å². The zero-order chi connectivity index (χ0) is 19.0. The van der Waals surface area contributed by atoms with Crippen molar-refractivity contribution in [3.63, 3.8) is 0 Å². The Labute approximate surface area is 147 Å². The van der Waals surface area contributed by atoms with Crippen molar-refractivity contribution in [1.29, 1.82) is 0 Å². The first-order valence-electron chi connectivity index (χ1n) is 7.25. The Morgan fingerprint density at radius 2 is 1.64 bits per heavy atom. The van der Waals surface area contributed by atoms with Crippen molar-refractivity contribution in [3.05, 3.63) is 53.3 Å². The molecule has 0 unspecified atom stereocenters. The zero-order valence-corrected chi connectivity index (χ0v) is 15.9. The Bertz CT molecular complexity index is 1020. The normalized spacial score (nSPS) is 12.0. The van der Waals surface area contributed by atoms with Gasteiger partial charge >= 0.3 is 0 Å². The van der Waals surface area contributed by atoms with Crippen LogP contribution in [-0.2, 0) is 20.0 Å². The number of halogens is 1. The Morgan fingerprint density at radius 1 is 1.00 bits per heavy atom. The predicted molar refractivity (Wildman–Crippen MR) is 96.4 cm³/mol. The lowest BCUT2D eigenvalue weighted by atomic mass is 10.2. The van der Waals surface area contributed by atoms with E-state index in [9.17, 15) is 21.2 Å². The summed E-state index contributed by atoms with van der Waals surface area (Å²) >= 11 is 0. The van der Waals surface area contributed by atoms with Crippen molar-refractivity contribution in [2.75, 3.05) is 22.3 Å². The van der Waals surface area contributed by atoms with Gasteiger partial charge in [-0.15, -0.1) is 0 Å². The summed E-state index contributed by atoms with van der Waals surface area (Å²) in [4.78, 5) is 0.0373. The molecule has 0 amide bonds. The summed E-state index contributed by atoms with van der Waals surface area (Å²) in [6.45, 7) is 3.49.